The molecule has 0 saturated heterocycles. The molecule has 0 unspecified atom stereocenters. The van der Waals surface area contributed by atoms with Crippen LogP contribution in [0.15, 0.2) is 36.7 Å². The number of carbonyl (C=O) groups excluding carboxylic acids is 1. The number of benzene rings is 1. The summed E-state index contributed by atoms with van der Waals surface area (Å²) in [5.41, 5.74) is 1.11. The van der Waals surface area contributed by atoms with E-state index in [0.717, 1.165) is 3.57 Å². The van der Waals surface area contributed by atoms with Crippen molar-refractivity contribution in [1.82, 2.24) is 10.3 Å². The predicted octanol–water partition coefficient (Wildman–Crippen LogP) is 3.07. The minimum atomic E-state index is -0.393. The number of pyridine rings is 1. The number of aliphatic hydroxyl groups excluding tert-OH is 1. The molecule has 0 bridgehead atoms. The van der Waals surface area contributed by atoms with E-state index in [-0.39, 0.29) is 18.2 Å². The number of halogens is 2. The molecule has 1 heterocycles. The van der Waals surface area contributed by atoms with Crippen molar-refractivity contribution in [3.8, 4) is 0 Å². The van der Waals surface area contributed by atoms with Gasteiger partial charge in [-0.05, 0) is 59.7 Å². The Balaban J connectivity index is 2.12. The van der Waals surface area contributed by atoms with E-state index in [9.17, 15) is 9.18 Å². The number of amides is 1. The molecule has 122 valence electrons. The van der Waals surface area contributed by atoms with E-state index in [0.29, 0.717) is 30.6 Å². The average molecular weight is 429 g/mol. The van der Waals surface area contributed by atoms with Gasteiger partial charge in [0.05, 0.1) is 23.1 Å². The number of nitrogens with one attached hydrogen (secondary N) is 2. The fourth-order valence-electron chi connectivity index (χ4n) is 1.96. The Bertz CT molecular complexity index is 682. The molecule has 3 N–H and O–H groups in total. The van der Waals surface area contributed by atoms with Crippen LogP contribution in [0.4, 0.5) is 15.8 Å². The van der Waals surface area contributed by atoms with Gasteiger partial charge in [0.1, 0.15) is 5.82 Å². The van der Waals surface area contributed by atoms with Crippen molar-refractivity contribution in [3.63, 3.8) is 0 Å². The summed E-state index contributed by atoms with van der Waals surface area (Å²) in [6.07, 6.45) is 4.33. The number of hydrogen-bond donors (Lipinski definition) is 3. The minimum Gasteiger partial charge on any atom is -0.396 e. The van der Waals surface area contributed by atoms with Gasteiger partial charge in [-0.3, -0.25) is 9.78 Å². The van der Waals surface area contributed by atoms with Gasteiger partial charge >= 0.3 is 0 Å². The van der Waals surface area contributed by atoms with E-state index >= 15 is 0 Å². The molecular formula is C16H17FIN3O2. The Morgan fingerprint density at radius 1 is 1.26 bits per heavy atom. The number of anilines is 2. The second kappa shape index (κ2) is 8.78. The van der Waals surface area contributed by atoms with Gasteiger partial charge < -0.3 is 15.7 Å². The summed E-state index contributed by atoms with van der Waals surface area (Å²) in [4.78, 5) is 16.2. The second-order valence-corrected chi connectivity index (χ2v) is 6.10. The third-order valence-corrected chi connectivity index (χ3v) is 3.81. The summed E-state index contributed by atoms with van der Waals surface area (Å²) in [6.45, 7) is 0.572. The molecule has 0 atom stereocenters. The van der Waals surface area contributed by atoms with Crippen LogP contribution in [-0.4, -0.2) is 29.1 Å². The molecule has 23 heavy (non-hydrogen) atoms. The van der Waals surface area contributed by atoms with Crippen LogP contribution >= 0.6 is 22.6 Å². The summed E-state index contributed by atoms with van der Waals surface area (Å²) in [7, 11) is 0. The van der Waals surface area contributed by atoms with Crippen LogP contribution < -0.4 is 10.6 Å². The maximum atomic E-state index is 13.9. The molecule has 0 aliphatic carbocycles. The average Bonchev–Trinajstić information content (AvgIpc) is 2.54. The smallest absolute Gasteiger partial charge is 0.253 e. The monoisotopic (exact) mass is 429 g/mol. The highest BCUT2D eigenvalue weighted by Gasteiger charge is 2.12. The van der Waals surface area contributed by atoms with Crippen molar-refractivity contribution in [2.75, 3.05) is 18.5 Å². The van der Waals surface area contributed by atoms with E-state index in [1.807, 2.05) is 22.6 Å². The Hall–Kier alpha value is -1.74. The lowest BCUT2D eigenvalue weighted by Crippen LogP contribution is -2.25. The first kappa shape index (κ1) is 17.6. The quantitative estimate of drug-likeness (QED) is 0.467. The first-order valence-corrected chi connectivity index (χ1v) is 8.25. The molecule has 7 heteroatoms. The summed E-state index contributed by atoms with van der Waals surface area (Å²) in [5, 5.41) is 14.4. The van der Waals surface area contributed by atoms with Crippen LogP contribution in [0.3, 0.4) is 0 Å². The minimum absolute atomic E-state index is 0.101. The van der Waals surface area contributed by atoms with Crippen LogP contribution in [0.5, 0.6) is 0 Å². The SMILES string of the molecule is O=C(NCCCCO)c1ccncc1Nc1ccc(I)cc1F. The summed E-state index contributed by atoms with van der Waals surface area (Å²) in [5.74, 6) is -0.659. The van der Waals surface area contributed by atoms with Crippen LogP contribution in [0.2, 0.25) is 0 Å². The van der Waals surface area contributed by atoms with Gasteiger partial charge in [0, 0.05) is 22.9 Å². The van der Waals surface area contributed by atoms with Crippen molar-refractivity contribution in [1.29, 1.82) is 0 Å². The number of nitrogens with zero attached hydrogens (tertiary/aromatic N) is 1. The van der Waals surface area contributed by atoms with Gasteiger partial charge in [-0.25, -0.2) is 4.39 Å². The molecule has 2 rings (SSSR count). The normalized spacial score (nSPS) is 10.4. The fourth-order valence-corrected chi connectivity index (χ4v) is 2.42. The van der Waals surface area contributed by atoms with Crippen molar-refractivity contribution in [3.05, 3.63) is 51.6 Å². The molecule has 0 aliphatic rings. The molecule has 5 nitrogen and oxygen atoms in total. The lowest BCUT2D eigenvalue weighted by molar-refractivity contribution is 0.0953. The number of aromatic nitrogens is 1. The number of rotatable bonds is 7. The maximum Gasteiger partial charge on any atom is 0.253 e. The zero-order chi connectivity index (χ0) is 16.7. The van der Waals surface area contributed by atoms with Crippen LogP contribution in [0.25, 0.3) is 0 Å². The largest absolute Gasteiger partial charge is 0.396 e. The van der Waals surface area contributed by atoms with Gasteiger partial charge in [-0.2, -0.15) is 0 Å². The highest BCUT2D eigenvalue weighted by Crippen LogP contribution is 2.23. The van der Waals surface area contributed by atoms with E-state index in [2.05, 4.69) is 15.6 Å². The Labute approximate surface area is 147 Å². The highest BCUT2D eigenvalue weighted by molar-refractivity contribution is 14.1. The molecule has 1 aromatic carbocycles. The third kappa shape index (κ3) is 5.14. The molecule has 0 fully saturated rings. The van der Waals surface area contributed by atoms with Gasteiger partial charge in [0.2, 0.25) is 0 Å². The number of carbonyl (C=O) groups is 1. The van der Waals surface area contributed by atoms with Crippen molar-refractivity contribution < 1.29 is 14.3 Å². The number of hydrogen-bond acceptors (Lipinski definition) is 4. The van der Waals surface area contributed by atoms with Crippen molar-refractivity contribution in [2.45, 2.75) is 12.8 Å². The van der Waals surface area contributed by atoms with E-state index in [4.69, 9.17) is 5.11 Å². The molecule has 2 aromatic rings. The second-order valence-electron chi connectivity index (χ2n) is 4.86. The van der Waals surface area contributed by atoms with Crippen LogP contribution in [0, 0.1) is 9.39 Å². The topological polar surface area (TPSA) is 74.2 Å². The molecule has 1 amide bonds. The fraction of sp³-hybridized carbons (Fsp3) is 0.250. The van der Waals surface area contributed by atoms with Crippen LogP contribution in [0.1, 0.15) is 23.2 Å². The van der Waals surface area contributed by atoms with E-state index in [1.54, 1.807) is 18.2 Å². The summed E-state index contributed by atoms with van der Waals surface area (Å²) < 4.78 is 14.7. The summed E-state index contributed by atoms with van der Waals surface area (Å²) in [6, 6.07) is 6.38. The van der Waals surface area contributed by atoms with Crippen LogP contribution in [-0.2, 0) is 0 Å². The van der Waals surface area contributed by atoms with Gasteiger partial charge in [0.15, 0.2) is 0 Å². The summed E-state index contributed by atoms with van der Waals surface area (Å²) >= 11 is 2.03. The van der Waals surface area contributed by atoms with Gasteiger partial charge in [-0.1, -0.05) is 0 Å². The van der Waals surface area contributed by atoms with E-state index < -0.39 is 5.82 Å². The lowest BCUT2D eigenvalue weighted by Gasteiger charge is -2.12. The third-order valence-electron chi connectivity index (χ3n) is 3.14. The Kier molecular flexibility index (Phi) is 6.72. The first-order valence-electron chi connectivity index (χ1n) is 7.17. The highest BCUT2D eigenvalue weighted by atomic mass is 127. The molecule has 0 saturated carbocycles. The molecule has 0 spiro atoms. The van der Waals surface area contributed by atoms with E-state index in [1.165, 1.54) is 18.5 Å². The molecule has 1 aromatic heterocycles. The zero-order valence-corrected chi connectivity index (χ0v) is 14.5. The zero-order valence-electron chi connectivity index (χ0n) is 12.4. The number of unbranched alkanes of at least 4 members (excludes halogenated alkanes) is 1. The first-order chi connectivity index (χ1) is 11.1. The van der Waals surface area contributed by atoms with Gasteiger partial charge in [-0.15, -0.1) is 0 Å². The lowest BCUT2D eigenvalue weighted by atomic mass is 10.2. The standard InChI is InChI=1S/C16H17FIN3O2/c17-13-9-11(18)3-4-14(13)21-15-10-19-7-5-12(15)16(23)20-6-1-2-8-22/h3-5,7,9-10,21-22H,1-2,6,8H2,(H,20,23). The van der Waals surface area contributed by atoms with Crippen molar-refractivity contribution in [2.24, 2.45) is 0 Å². The predicted molar refractivity (Wildman–Crippen MR) is 95.3 cm³/mol. The van der Waals surface area contributed by atoms with Crippen molar-refractivity contribution >= 4 is 39.9 Å². The molecular weight excluding hydrogens is 412 g/mol. The molecule has 0 aliphatic heterocycles. The Morgan fingerprint density at radius 3 is 2.83 bits per heavy atom. The number of aliphatic hydroxyl groups is 1. The van der Waals surface area contributed by atoms with Gasteiger partial charge in [0.25, 0.3) is 5.91 Å². The maximum absolute atomic E-state index is 13.9. The molecule has 0 radical (unpaired) electrons. The Morgan fingerprint density at radius 2 is 2.09 bits per heavy atom.